The van der Waals surface area contributed by atoms with Gasteiger partial charge in [-0.2, -0.15) is 0 Å². The number of para-hydroxylation sites is 1. The molecule has 1 unspecified atom stereocenters. The number of carbonyl (C=O) groups is 2. The van der Waals surface area contributed by atoms with E-state index in [1.54, 1.807) is 36.4 Å². The topological polar surface area (TPSA) is 119 Å². The first kappa shape index (κ1) is 22.8. The van der Waals surface area contributed by atoms with E-state index < -0.39 is 21.8 Å². The number of hydrogen-bond acceptors (Lipinski definition) is 6. The molecule has 2 aromatic carbocycles. The Morgan fingerprint density at radius 2 is 1.97 bits per heavy atom. The van der Waals surface area contributed by atoms with E-state index in [1.165, 1.54) is 7.11 Å². The minimum Gasteiger partial charge on any atom is -0.496 e. The fourth-order valence-corrected chi connectivity index (χ4v) is 5.82. The molecule has 4 rings (SSSR count). The largest absolute Gasteiger partial charge is 0.496 e. The number of benzene rings is 2. The number of aryl methyl sites for hydroxylation is 2. The molecular formula is C23H26N4O5S. The van der Waals surface area contributed by atoms with E-state index in [4.69, 9.17) is 4.74 Å². The highest BCUT2D eigenvalue weighted by Gasteiger charge is 2.29. The van der Waals surface area contributed by atoms with Gasteiger partial charge in [-0.15, -0.1) is 0 Å². The zero-order valence-electron chi connectivity index (χ0n) is 18.7. The number of amides is 2. The molecule has 0 spiro atoms. The Morgan fingerprint density at radius 1 is 1.21 bits per heavy atom. The van der Waals surface area contributed by atoms with E-state index in [0.29, 0.717) is 46.4 Å². The maximum absolute atomic E-state index is 13.1. The van der Waals surface area contributed by atoms with Gasteiger partial charge in [-0.05, 0) is 30.7 Å². The Bertz CT molecular complexity index is 1350. The molecule has 33 heavy (non-hydrogen) atoms. The summed E-state index contributed by atoms with van der Waals surface area (Å²) in [5.41, 5.74) is 2.34. The summed E-state index contributed by atoms with van der Waals surface area (Å²) in [5, 5.41) is 5.70. The van der Waals surface area contributed by atoms with Gasteiger partial charge in [-0.3, -0.25) is 9.59 Å². The average molecular weight is 471 g/mol. The summed E-state index contributed by atoms with van der Waals surface area (Å²) in [5.74, 6) is 0.446. The van der Waals surface area contributed by atoms with Crippen LogP contribution in [0.2, 0.25) is 0 Å². The zero-order valence-corrected chi connectivity index (χ0v) is 19.5. The highest BCUT2D eigenvalue weighted by Crippen LogP contribution is 2.28. The van der Waals surface area contributed by atoms with Crippen LogP contribution >= 0.6 is 0 Å². The van der Waals surface area contributed by atoms with Gasteiger partial charge in [0.15, 0.2) is 9.84 Å². The summed E-state index contributed by atoms with van der Waals surface area (Å²) in [6, 6.07) is 9.69. The lowest BCUT2D eigenvalue weighted by Crippen LogP contribution is -2.35. The highest BCUT2D eigenvalue weighted by molar-refractivity contribution is 7.91. The number of rotatable bonds is 6. The van der Waals surface area contributed by atoms with Gasteiger partial charge in [-0.25, -0.2) is 13.4 Å². The van der Waals surface area contributed by atoms with Crippen LogP contribution in [-0.2, 0) is 23.3 Å². The smallest absolute Gasteiger partial charge is 0.259 e. The summed E-state index contributed by atoms with van der Waals surface area (Å²) < 4.78 is 30.7. The number of anilines is 1. The van der Waals surface area contributed by atoms with Crippen LogP contribution in [0.25, 0.3) is 11.0 Å². The van der Waals surface area contributed by atoms with Crippen molar-refractivity contribution in [1.82, 2.24) is 14.9 Å². The van der Waals surface area contributed by atoms with Crippen LogP contribution in [0.1, 0.15) is 39.9 Å². The summed E-state index contributed by atoms with van der Waals surface area (Å²) in [7, 11) is 0.226. The van der Waals surface area contributed by atoms with Gasteiger partial charge in [0, 0.05) is 25.1 Å². The summed E-state index contributed by atoms with van der Waals surface area (Å²) in [6.45, 7) is 1.97. The second kappa shape index (κ2) is 8.86. The first-order valence-electron chi connectivity index (χ1n) is 10.7. The number of methoxy groups -OCH3 is 1. The summed E-state index contributed by atoms with van der Waals surface area (Å²) in [6.07, 6.45) is 1.06. The first-order valence-corrected chi connectivity index (χ1v) is 12.5. The first-order chi connectivity index (χ1) is 15.7. The minimum absolute atomic E-state index is 0.0668. The molecular weight excluding hydrogens is 444 g/mol. The molecule has 1 aromatic heterocycles. The van der Waals surface area contributed by atoms with Crippen molar-refractivity contribution < 1.29 is 22.7 Å². The van der Waals surface area contributed by atoms with Gasteiger partial charge in [0.2, 0.25) is 0 Å². The number of hydrogen-bond donors (Lipinski definition) is 2. The summed E-state index contributed by atoms with van der Waals surface area (Å²) in [4.78, 5) is 30.6. The zero-order chi connectivity index (χ0) is 23.8. The number of ether oxygens (including phenoxy) is 1. The Labute approximate surface area is 192 Å². The maximum Gasteiger partial charge on any atom is 0.259 e. The van der Waals surface area contributed by atoms with E-state index in [-0.39, 0.29) is 17.4 Å². The molecule has 1 aliphatic heterocycles. The molecule has 2 N–H and O–H groups in total. The fourth-order valence-electron chi connectivity index (χ4n) is 4.14. The molecule has 0 saturated carbocycles. The van der Waals surface area contributed by atoms with Crippen molar-refractivity contribution >= 4 is 38.4 Å². The van der Waals surface area contributed by atoms with E-state index in [9.17, 15) is 18.0 Å². The van der Waals surface area contributed by atoms with Crippen LogP contribution in [0.4, 0.5) is 5.69 Å². The molecule has 0 bridgehead atoms. The predicted octanol–water partition coefficient (Wildman–Crippen LogP) is 2.31. The fraction of sp³-hybridized carbons (Fsp3) is 0.348. The Morgan fingerprint density at radius 3 is 2.64 bits per heavy atom. The van der Waals surface area contributed by atoms with Crippen LogP contribution in [0.15, 0.2) is 36.4 Å². The normalized spacial score (nSPS) is 17.1. The third-order valence-corrected chi connectivity index (χ3v) is 7.58. The van der Waals surface area contributed by atoms with Crippen LogP contribution in [0.3, 0.4) is 0 Å². The molecule has 2 heterocycles. The quantitative estimate of drug-likeness (QED) is 0.571. The van der Waals surface area contributed by atoms with Gasteiger partial charge >= 0.3 is 0 Å². The molecule has 2 amide bonds. The Hall–Kier alpha value is -3.40. The van der Waals surface area contributed by atoms with E-state index in [1.807, 2.05) is 18.5 Å². The van der Waals surface area contributed by atoms with Crippen molar-refractivity contribution in [2.45, 2.75) is 25.8 Å². The predicted molar refractivity (Wildman–Crippen MR) is 126 cm³/mol. The van der Waals surface area contributed by atoms with Crippen molar-refractivity contribution in [2.24, 2.45) is 7.05 Å². The number of fused-ring (bicyclic) bond motifs is 1. The van der Waals surface area contributed by atoms with Gasteiger partial charge in [-0.1, -0.05) is 19.1 Å². The van der Waals surface area contributed by atoms with Gasteiger partial charge in [0.1, 0.15) is 11.6 Å². The molecule has 1 fully saturated rings. The van der Waals surface area contributed by atoms with Gasteiger partial charge < -0.3 is 19.9 Å². The number of nitrogens with one attached hydrogen (secondary N) is 2. The Kier molecular flexibility index (Phi) is 6.11. The maximum atomic E-state index is 13.1. The summed E-state index contributed by atoms with van der Waals surface area (Å²) >= 11 is 0. The third kappa shape index (κ3) is 4.56. The number of imidazole rings is 1. The van der Waals surface area contributed by atoms with Crippen LogP contribution in [0.5, 0.6) is 5.75 Å². The van der Waals surface area contributed by atoms with Crippen LogP contribution in [0, 0.1) is 0 Å². The van der Waals surface area contributed by atoms with E-state index in [0.717, 1.165) is 5.82 Å². The standard InChI is InChI=1S/C23H26N4O5S/c1-4-20-25-17-11-14(22(28)24-15-9-10-33(30,31)13-15)12-18(21(17)27(20)2)26-23(29)16-7-5-6-8-19(16)32-3/h5-8,11-12,15H,4,9-10,13H2,1-3H3,(H,24,28)(H,26,29). The van der Waals surface area contributed by atoms with Crippen molar-refractivity contribution in [3.8, 4) is 5.75 Å². The Balaban J connectivity index is 1.71. The van der Waals surface area contributed by atoms with Gasteiger partial charge in [0.25, 0.3) is 11.8 Å². The second-order valence-electron chi connectivity index (χ2n) is 8.06. The monoisotopic (exact) mass is 470 g/mol. The lowest BCUT2D eigenvalue weighted by molar-refractivity contribution is 0.0940. The highest BCUT2D eigenvalue weighted by atomic mass is 32.2. The number of sulfone groups is 1. The van der Waals surface area contributed by atoms with Crippen molar-refractivity contribution in [3.63, 3.8) is 0 Å². The van der Waals surface area contributed by atoms with Gasteiger partial charge in [0.05, 0.1) is 40.9 Å². The van der Waals surface area contributed by atoms with E-state index in [2.05, 4.69) is 15.6 Å². The van der Waals surface area contributed by atoms with Crippen LogP contribution in [-0.4, -0.2) is 54.4 Å². The molecule has 1 atom stereocenters. The number of carbonyl (C=O) groups excluding carboxylic acids is 2. The second-order valence-corrected chi connectivity index (χ2v) is 10.3. The van der Waals surface area contributed by atoms with Crippen molar-refractivity contribution in [3.05, 3.63) is 53.3 Å². The SMILES string of the molecule is CCc1nc2cc(C(=O)NC3CCS(=O)(=O)C3)cc(NC(=O)c3ccccc3OC)c2n1C. The molecule has 1 aliphatic rings. The molecule has 0 radical (unpaired) electrons. The van der Waals surface area contributed by atoms with Crippen LogP contribution < -0.4 is 15.4 Å². The van der Waals surface area contributed by atoms with Crippen molar-refractivity contribution in [2.75, 3.05) is 23.9 Å². The molecule has 174 valence electrons. The van der Waals surface area contributed by atoms with E-state index >= 15 is 0 Å². The van der Waals surface area contributed by atoms with Crippen molar-refractivity contribution in [1.29, 1.82) is 0 Å². The third-order valence-electron chi connectivity index (χ3n) is 5.81. The molecule has 9 nitrogen and oxygen atoms in total. The average Bonchev–Trinajstić information content (AvgIpc) is 3.31. The number of aromatic nitrogens is 2. The number of nitrogens with zero attached hydrogens (tertiary/aromatic N) is 2. The lowest BCUT2D eigenvalue weighted by Gasteiger charge is -2.14. The molecule has 1 saturated heterocycles. The molecule has 3 aromatic rings. The molecule has 10 heteroatoms. The molecule has 0 aliphatic carbocycles. The minimum atomic E-state index is -3.12. The lowest BCUT2D eigenvalue weighted by atomic mass is 10.1.